The van der Waals surface area contributed by atoms with Crippen molar-refractivity contribution < 1.29 is 14.4 Å². The normalized spacial score (nSPS) is 18.6. The van der Waals surface area contributed by atoms with Gasteiger partial charge in [0.1, 0.15) is 12.1 Å². The highest BCUT2D eigenvalue weighted by Gasteiger charge is 2.49. The molecule has 0 bridgehead atoms. The first kappa shape index (κ1) is 24.5. The Morgan fingerprint density at radius 3 is 2.18 bits per heavy atom. The van der Waals surface area contributed by atoms with Crippen LogP contribution in [0.5, 0.6) is 0 Å². The van der Waals surface area contributed by atoms with E-state index in [1.807, 2.05) is 24.3 Å². The third-order valence-corrected chi connectivity index (χ3v) is 6.29. The average molecular weight is 450 g/mol. The number of nitrogens with zero attached hydrogens (tertiary/aromatic N) is 1. The van der Waals surface area contributed by atoms with Gasteiger partial charge in [0.15, 0.2) is 0 Å². The van der Waals surface area contributed by atoms with Crippen LogP contribution in [0.15, 0.2) is 48.5 Å². The van der Waals surface area contributed by atoms with Gasteiger partial charge in [-0.2, -0.15) is 0 Å². The van der Waals surface area contributed by atoms with Gasteiger partial charge in [-0.25, -0.2) is 4.79 Å². The van der Waals surface area contributed by atoms with E-state index in [0.717, 1.165) is 16.0 Å². The molecule has 0 saturated carbocycles. The van der Waals surface area contributed by atoms with Crippen molar-refractivity contribution in [3.63, 3.8) is 0 Å². The fourth-order valence-electron chi connectivity index (χ4n) is 3.95. The number of urea groups is 1. The molecule has 33 heavy (non-hydrogen) atoms. The van der Waals surface area contributed by atoms with Crippen LogP contribution in [0.4, 0.5) is 4.79 Å². The molecular weight excluding hydrogens is 414 g/mol. The summed E-state index contributed by atoms with van der Waals surface area (Å²) < 4.78 is 0. The maximum absolute atomic E-state index is 13.1. The zero-order valence-corrected chi connectivity index (χ0v) is 20.5. The number of rotatable bonds is 7. The summed E-state index contributed by atoms with van der Waals surface area (Å²) in [5.74, 6) is -0.301. The lowest BCUT2D eigenvalue weighted by Gasteiger charge is -2.24. The maximum Gasteiger partial charge on any atom is 0.325 e. The third-order valence-electron chi connectivity index (χ3n) is 6.29. The van der Waals surface area contributed by atoms with Gasteiger partial charge in [0.25, 0.3) is 5.91 Å². The third kappa shape index (κ3) is 5.44. The molecule has 6 heteroatoms. The van der Waals surface area contributed by atoms with E-state index in [1.54, 1.807) is 6.92 Å². The topological polar surface area (TPSA) is 78.5 Å². The van der Waals surface area contributed by atoms with E-state index in [-0.39, 0.29) is 17.9 Å². The monoisotopic (exact) mass is 449 g/mol. The molecule has 1 heterocycles. The van der Waals surface area contributed by atoms with E-state index in [9.17, 15) is 14.4 Å². The van der Waals surface area contributed by atoms with E-state index in [1.165, 1.54) is 5.56 Å². The number of amides is 4. The zero-order valence-electron chi connectivity index (χ0n) is 20.5. The SMILES string of the molecule is CC(C)c1ccc(CCNC(=O)CN2C(=O)NC(C)(c3ccc(C(C)(C)C)cc3)C2=O)cc1. The fourth-order valence-corrected chi connectivity index (χ4v) is 3.95. The van der Waals surface area contributed by atoms with Crippen molar-refractivity contribution in [1.82, 2.24) is 15.5 Å². The predicted molar refractivity (Wildman–Crippen MR) is 130 cm³/mol. The summed E-state index contributed by atoms with van der Waals surface area (Å²) >= 11 is 0. The minimum atomic E-state index is -1.19. The van der Waals surface area contributed by atoms with E-state index in [0.29, 0.717) is 24.4 Å². The lowest BCUT2D eigenvalue weighted by Crippen LogP contribution is -2.43. The molecule has 4 amide bonds. The van der Waals surface area contributed by atoms with Crippen molar-refractivity contribution in [2.24, 2.45) is 0 Å². The lowest BCUT2D eigenvalue weighted by atomic mass is 9.84. The van der Waals surface area contributed by atoms with Gasteiger partial charge >= 0.3 is 6.03 Å². The van der Waals surface area contributed by atoms with Crippen LogP contribution in [-0.2, 0) is 27.0 Å². The first-order valence-corrected chi connectivity index (χ1v) is 11.5. The van der Waals surface area contributed by atoms with Crippen LogP contribution in [0.3, 0.4) is 0 Å². The minimum Gasteiger partial charge on any atom is -0.354 e. The Morgan fingerprint density at radius 1 is 1.03 bits per heavy atom. The number of benzene rings is 2. The van der Waals surface area contributed by atoms with Crippen LogP contribution in [0.25, 0.3) is 0 Å². The van der Waals surface area contributed by atoms with E-state index in [4.69, 9.17) is 0 Å². The van der Waals surface area contributed by atoms with Crippen LogP contribution in [0.1, 0.15) is 69.7 Å². The molecule has 1 unspecified atom stereocenters. The van der Waals surface area contributed by atoms with Gasteiger partial charge in [0, 0.05) is 6.54 Å². The van der Waals surface area contributed by atoms with Gasteiger partial charge in [-0.3, -0.25) is 14.5 Å². The second kappa shape index (κ2) is 9.38. The molecule has 1 atom stereocenters. The highest BCUT2D eigenvalue weighted by Crippen LogP contribution is 2.31. The summed E-state index contributed by atoms with van der Waals surface area (Å²) in [6, 6.07) is 15.5. The fraction of sp³-hybridized carbons (Fsp3) is 0.444. The minimum absolute atomic E-state index is 0.0110. The number of carbonyl (C=O) groups is 3. The summed E-state index contributed by atoms with van der Waals surface area (Å²) in [5.41, 5.74) is 3.04. The molecule has 2 aromatic rings. The Kier molecular flexibility index (Phi) is 6.96. The molecule has 1 saturated heterocycles. The smallest absolute Gasteiger partial charge is 0.325 e. The highest BCUT2D eigenvalue weighted by molar-refractivity contribution is 6.09. The summed E-state index contributed by atoms with van der Waals surface area (Å²) in [6.45, 7) is 12.5. The second-order valence-electron chi connectivity index (χ2n) is 10.3. The van der Waals surface area contributed by atoms with Crippen LogP contribution in [0, 0.1) is 0 Å². The van der Waals surface area contributed by atoms with Crippen LogP contribution >= 0.6 is 0 Å². The Labute approximate surface area is 196 Å². The molecule has 0 aliphatic carbocycles. The van der Waals surface area contributed by atoms with Crippen LogP contribution in [-0.4, -0.2) is 35.8 Å². The van der Waals surface area contributed by atoms with Gasteiger partial charge in [-0.05, 0) is 46.9 Å². The maximum atomic E-state index is 13.1. The number of hydrogen-bond donors (Lipinski definition) is 2. The van der Waals surface area contributed by atoms with E-state index < -0.39 is 17.5 Å². The predicted octanol–water partition coefficient (Wildman–Crippen LogP) is 4.23. The van der Waals surface area contributed by atoms with E-state index >= 15 is 0 Å². The quantitative estimate of drug-likeness (QED) is 0.621. The first-order valence-electron chi connectivity index (χ1n) is 11.5. The van der Waals surface area contributed by atoms with Crippen LogP contribution in [0.2, 0.25) is 0 Å². The molecular formula is C27H35N3O3. The van der Waals surface area contributed by atoms with Gasteiger partial charge < -0.3 is 10.6 Å². The number of carbonyl (C=O) groups excluding carboxylic acids is 3. The summed E-state index contributed by atoms with van der Waals surface area (Å²) in [4.78, 5) is 39.1. The summed E-state index contributed by atoms with van der Waals surface area (Å²) in [6.07, 6.45) is 0.683. The molecule has 2 N–H and O–H groups in total. The van der Waals surface area contributed by atoms with Crippen molar-refractivity contribution in [3.8, 4) is 0 Å². The Bertz CT molecular complexity index is 1020. The van der Waals surface area contributed by atoms with Crippen molar-refractivity contribution in [1.29, 1.82) is 0 Å². The molecule has 2 aromatic carbocycles. The van der Waals surface area contributed by atoms with Gasteiger partial charge in [-0.15, -0.1) is 0 Å². The van der Waals surface area contributed by atoms with Crippen LogP contribution < -0.4 is 10.6 Å². The molecule has 0 radical (unpaired) electrons. The van der Waals surface area contributed by atoms with Gasteiger partial charge in [0.2, 0.25) is 5.91 Å². The molecule has 3 rings (SSSR count). The molecule has 1 aliphatic heterocycles. The average Bonchev–Trinajstić information content (AvgIpc) is 2.97. The van der Waals surface area contributed by atoms with Crippen molar-refractivity contribution in [2.45, 2.75) is 64.8 Å². The number of nitrogens with one attached hydrogen (secondary N) is 2. The molecule has 176 valence electrons. The van der Waals surface area contributed by atoms with Gasteiger partial charge in [-0.1, -0.05) is 83.1 Å². The summed E-state index contributed by atoms with van der Waals surface area (Å²) in [7, 11) is 0. The molecule has 0 aromatic heterocycles. The molecule has 0 spiro atoms. The van der Waals surface area contributed by atoms with Crippen molar-refractivity contribution in [2.75, 3.05) is 13.1 Å². The van der Waals surface area contributed by atoms with Gasteiger partial charge in [0.05, 0.1) is 0 Å². The first-order chi connectivity index (χ1) is 15.4. The standard InChI is InChI=1S/C27H35N3O3/c1-18(2)20-9-7-19(8-10-20)15-16-28-23(31)17-30-24(32)27(6,29-25(30)33)22-13-11-21(12-14-22)26(3,4)5/h7-14,18H,15-17H2,1-6H3,(H,28,31)(H,29,33). The second-order valence-corrected chi connectivity index (χ2v) is 10.3. The number of imide groups is 1. The molecule has 1 fully saturated rings. The Balaban J connectivity index is 1.58. The highest BCUT2D eigenvalue weighted by atomic mass is 16.2. The lowest BCUT2D eigenvalue weighted by molar-refractivity contribution is -0.134. The molecule has 1 aliphatic rings. The van der Waals surface area contributed by atoms with Crippen molar-refractivity contribution in [3.05, 3.63) is 70.8 Å². The Hall–Kier alpha value is -3.15. The summed E-state index contributed by atoms with van der Waals surface area (Å²) in [5, 5.41) is 5.58. The Morgan fingerprint density at radius 2 is 1.64 bits per heavy atom. The van der Waals surface area contributed by atoms with E-state index in [2.05, 4.69) is 69.5 Å². The number of hydrogen-bond acceptors (Lipinski definition) is 3. The van der Waals surface area contributed by atoms with Crippen molar-refractivity contribution >= 4 is 17.8 Å². The zero-order chi connectivity index (χ0) is 24.4. The molecule has 6 nitrogen and oxygen atoms in total. The largest absolute Gasteiger partial charge is 0.354 e.